The van der Waals surface area contributed by atoms with Gasteiger partial charge in [0.25, 0.3) is 5.92 Å². The van der Waals surface area contributed by atoms with Gasteiger partial charge in [0.15, 0.2) is 12.2 Å². The lowest BCUT2D eigenvalue weighted by molar-refractivity contribution is -0.347. The Kier molecular flexibility index (Phi) is 5.35. The maximum Gasteiger partial charge on any atom is 0.311 e. The van der Waals surface area contributed by atoms with E-state index in [2.05, 4.69) is 20.4 Å². The molecule has 3 aromatic rings. The van der Waals surface area contributed by atoms with Gasteiger partial charge in [0.1, 0.15) is 36.9 Å². The quantitative estimate of drug-likeness (QED) is 0.336. The van der Waals surface area contributed by atoms with E-state index in [1.165, 1.54) is 0 Å². The van der Waals surface area contributed by atoms with Gasteiger partial charge in [-0.15, -0.1) is 5.10 Å². The van der Waals surface area contributed by atoms with Gasteiger partial charge < -0.3 is 19.4 Å². The molecule has 0 amide bonds. The van der Waals surface area contributed by atoms with E-state index < -0.39 is 51.6 Å². The Hall–Kier alpha value is -3.56. The Morgan fingerprint density at radius 2 is 1.82 bits per heavy atom. The molecule has 198 valence electrons. The molecule has 2 bridgehead atoms. The van der Waals surface area contributed by atoms with Crippen LogP contribution in [0.5, 0.6) is 5.75 Å². The standard InChI is InChI=1S/C26H23F4N5O3/c1-31-24(13-37-14-24)15-38-19-5-2-17(3-6-19)22-9-23(10-22,11-22)26(29,30)25(36,12-35-16-32-33-34-35)20-7-4-18(27)8-21(20)28/h2-8,16,36H,9-15H2/t22?,23?,25-/m1/s1. The molecule has 1 saturated heterocycles. The molecule has 4 fully saturated rings. The normalized spacial score (nSPS) is 26.7. The van der Waals surface area contributed by atoms with Crippen LogP contribution in [0.15, 0.2) is 48.8 Å². The molecule has 4 aliphatic rings. The average Bonchev–Trinajstić information content (AvgIpc) is 3.30. The predicted molar refractivity (Wildman–Crippen MR) is 123 cm³/mol. The molecule has 7 rings (SSSR count). The highest BCUT2D eigenvalue weighted by Crippen LogP contribution is 2.80. The number of aliphatic hydroxyl groups is 1. The minimum absolute atomic E-state index is 0.0894. The summed E-state index contributed by atoms with van der Waals surface area (Å²) in [5.41, 5.74) is -5.58. The highest BCUT2D eigenvalue weighted by molar-refractivity contribution is 5.44. The molecular weight excluding hydrogens is 506 g/mol. The summed E-state index contributed by atoms with van der Waals surface area (Å²) in [6.45, 7) is 7.36. The van der Waals surface area contributed by atoms with Gasteiger partial charge in [0, 0.05) is 17.0 Å². The van der Waals surface area contributed by atoms with Crippen LogP contribution in [-0.4, -0.2) is 56.6 Å². The van der Waals surface area contributed by atoms with Gasteiger partial charge in [0.2, 0.25) is 0 Å². The molecular formula is C26H23F4N5O3. The molecule has 12 heteroatoms. The number of alkyl halides is 2. The summed E-state index contributed by atoms with van der Waals surface area (Å²) in [7, 11) is 0. The van der Waals surface area contributed by atoms with Crippen LogP contribution in [0.4, 0.5) is 17.6 Å². The zero-order valence-electron chi connectivity index (χ0n) is 20.1. The molecule has 38 heavy (non-hydrogen) atoms. The van der Waals surface area contributed by atoms with Gasteiger partial charge in [-0.2, -0.15) is 0 Å². The Morgan fingerprint density at radius 1 is 1.11 bits per heavy atom. The minimum Gasteiger partial charge on any atom is -0.485 e. The summed E-state index contributed by atoms with van der Waals surface area (Å²) in [6.07, 6.45) is 1.32. The zero-order valence-corrected chi connectivity index (χ0v) is 20.1. The highest BCUT2D eigenvalue weighted by atomic mass is 19.3. The second-order valence-electron chi connectivity index (χ2n) is 10.8. The molecule has 0 spiro atoms. The number of halogens is 4. The molecule has 2 aromatic carbocycles. The largest absolute Gasteiger partial charge is 0.485 e. The van der Waals surface area contributed by atoms with Crippen LogP contribution in [0.25, 0.3) is 4.85 Å². The maximum atomic E-state index is 16.3. The van der Waals surface area contributed by atoms with E-state index in [4.69, 9.17) is 16.0 Å². The highest BCUT2D eigenvalue weighted by Gasteiger charge is 2.82. The predicted octanol–water partition coefficient (Wildman–Crippen LogP) is 3.66. The van der Waals surface area contributed by atoms with Crippen molar-refractivity contribution in [1.82, 2.24) is 20.2 Å². The first-order valence-electron chi connectivity index (χ1n) is 12.0. The van der Waals surface area contributed by atoms with Gasteiger partial charge in [-0.3, -0.25) is 0 Å². The van der Waals surface area contributed by atoms with E-state index in [0.29, 0.717) is 25.0 Å². The molecule has 0 radical (unpaired) electrons. The van der Waals surface area contributed by atoms with E-state index in [0.717, 1.165) is 28.7 Å². The number of ether oxygens (including phenoxy) is 2. The summed E-state index contributed by atoms with van der Waals surface area (Å²) in [6, 6.07) is 9.30. The van der Waals surface area contributed by atoms with Crippen molar-refractivity contribution in [2.75, 3.05) is 19.8 Å². The number of hydrogen-bond acceptors (Lipinski definition) is 6. The van der Waals surface area contributed by atoms with Crippen molar-refractivity contribution in [3.63, 3.8) is 0 Å². The van der Waals surface area contributed by atoms with Crippen molar-refractivity contribution in [1.29, 1.82) is 0 Å². The number of nitrogens with zero attached hydrogens (tertiary/aromatic N) is 5. The van der Waals surface area contributed by atoms with Gasteiger partial charge in [-0.25, -0.2) is 28.8 Å². The van der Waals surface area contributed by atoms with E-state index >= 15 is 8.78 Å². The average molecular weight is 529 g/mol. The molecule has 0 unspecified atom stereocenters. The summed E-state index contributed by atoms with van der Waals surface area (Å²) in [5, 5.41) is 21.9. The molecule has 1 atom stereocenters. The Bertz CT molecular complexity index is 1390. The summed E-state index contributed by atoms with van der Waals surface area (Å²) in [4.78, 5) is 3.59. The van der Waals surface area contributed by atoms with Crippen LogP contribution >= 0.6 is 0 Å². The lowest BCUT2D eigenvalue weighted by Gasteiger charge is -2.74. The van der Waals surface area contributed by atoms with E-state index in [9.17, 15) is 13.9 Å². The summed E-state index contributed by atoms with van der Waals surface area (Å²) >= 11 is 0. The van der Waals surface area contributed by atoms with Gasteiger partial charge in [-0.1, -0.05) is 12.1 Å². The first-order chi connectivity index (χ1) is 18.1. The molecule has 2 heterocycles. The third-order valence-corrected chi connectivity index (χ3v) is 8.33. The van der Waals surface area contributed by atoms with E-state index in [1.807, 2.05) is 12.1 Å². The number of hydrogen-bond donors (Lipinski definition) is 1. The maximum absolute atomic E-state index is 16.3. The van der Waals surface area contributed by atoms with Crippen LogP contribution in [0.1, 0.15) is 30.4 Å². The molecule has 1 N–H and O–H groups in total. The van der Waals surface area contributed by atoms with Crippen molar-refractivity contribution in [3.05, 3.63) is 83.0 Å². The molecule has 1 aromatic heterocycles. The minimum atomic E-state index is -3.78. The third kappa shape index (κ3) is 3.45. The SMILES string of the molecule is [C-]#[N+]C1(COc2ccc(C34CC(C(F)(F)[C@@](O)(Cn5cnnn5)c5ccc(F)cc5F)(C3)C4)cc2)COC1. The fraction of sp³-hybridized carbons (Fsp3) is 0.462. The smallest absolute Gasteiger partial charge is 0.311 e. The van der Waals surface area contributed by atoms with Crippen LogP contribution in [0, 0.1) is 23.6 Å². The fourth-order valence-electron chi connectivity index (χ4n) is 6.17. The van der Waals surface area contributed by atoms with Crippen molar-refractivity contribution in [2.24, 2.45) is 5.41 Å². The van der Waals surface area contributed by atoms with Crippen LogP contribution in [-0.2, 0) is 22.3 Å². The van der Waals surface area contributed by atoms with Crippen molar-refractivity contribution >= 4 is 0 Å². The van der Waals surface area contributed by atoms with Crippen molar-refractivity contribution in [3.8, 4) is 5.75 Å². The van der Waals surface area contributed by atoms with Gasteiger partial charge in [0.05, 0.1) is 6.54 Å². The lowest BCUT2D eigenvalue weighted by atomic mass is 9.30. The summed E-state index contributed by atoms with van der Waals surface area (Å²) in [5.74, 6) is -5.43. The second-order valence-corrected chi connectivity index (χ2v) is 10.8. The van der Waals surface area contributed by atoms with Crippen LogP contribution < -0.4 is 4.74 Å². The van der Waals surface area contributed by atoms with Crippen molar-refractivity contribution in [2.45, 2.75) is 48.3 Å². The number of aromatic nitrogens is 4. The molecule has 3 saturated carbocycles. The molecule has 8 nitrogen and oxygen atoms in total. The number of rotatable bonds is 9. The zero-order chi connectivity index (χ0) is 26.8. The van der Waals surface area contributed by atoms with Crippen LogP contribution in [0.2, 0.25) is 0 Å². The third-order valence-electron chi connectivity index (χ3n) is 8.33. The van der Waals surface area contributed by atoms with Gasteiger partial charge >= 0.3 is 5.54 Å². The Balaban J connectivity index is 1.21. The molecule has 1 aliphatic heterocycles. The van der Waals surface area contributed by atoms with Crippen molar-refractivity contribution < 1.29 is 32.1 Å². The Morgan fingerprint density at radius 3 is 2.37 bits per heavy atom. The lowest BCUT2D eigenvalue weighted by Crippen LogP contribution is -2.76. The molecule has 3 aliphatic carbocycles. The van der Waals surface area contributed by atoms with Gasteiger partial charge in [-0.05, 0) is 64.9 Å². The number of benzene rings is 2. The topological polar surface area (TPSA) is 86.7 Å². The van der Waals surface area contributed by atoms with E-state index in [-0.39, 0.29) is 25.9 Å². The first-order valence-corrected chi connectivity index (χ1v) is 12.0. The van der Waals surface area contributed by atoms with Crippen LogP contribution in [0.3, 0.4) is 0 Å². The fourth-order valence-corrected chi connectivity index (χ4v) is 6.17. The monoisotopic (exact) mass is 529 g/mol. The second kappa shape index (κ2) is 8.22. The first kappa shape index (κ1) is 24.8. The van der Waals surface area contributed by atoms with E-state index in [1.54, 1.807) is 12.1 Å². The summed E-state index contributed by atoms with van der Waals surface area (Å²) < 4.78 is 72.7. The Labute approximate surface area is 215 Å². The number of tetrazole rings is 1.